The number of aryl methyl sites for hydroxylation is 1. The fraction of sp³-hybridized carbons (Fsp3) is 0.606. The zero-order valence-corrected chi connectivity index (χ0v) is 26.9. The van der Waals surface area contributed by atoms with Crippen molar-refractivity contribution in [2.75, 3.05) is 42.7 Å². The van der Waals surface area contributed by atoms with Crippen molar-refractivity contribution in [1.29, 1.82) is 10.7 Å². The Morgan fingerprint density at radius 2 is 1.98 bits per heavy atom. The zero-order valence-electron chi connectivity index (χ0n) is 26.1. The van der Waals surface area contributed by atoms with Crippen molar-refractivity contribution in [3.05, 3.63) is 32.9 Å². The van der Waals surface area contributed by atoms with Gasteiger partial charge in [-0.1, -0.05) is 5.16 Å². The first-order chi connectivity index (χ1) is 21.9. The molecule has 5 aliphatic rings. The van der Waals surface area contributed by atoms with E-state index in [2.05, 4.69) is 35.2 Å². The summed E-state index contributed by atoms with van der Waals surface area (Å²) in [6, 6.07) is 3.06. The Kier molecular flexibility index (Phi) is 7.02. The van der Waals surface area contributed by atoms with Crippen LogP contribution in [0.1, 0.15) is 97.6 Å². The summed E-state index contributed by atoms with van der Waals surface area (Å²) in [5.74, 6) is 2.86. The third-order valence-electron chi connectivity index (χ3n) is 11.0. The van der Waals surface area contributed by atoms with Crippen LogP contribution >= 0.6 is 11.3 Å². The average molecular weight is 628 g/mol. The number of nitrogens with zero attached hydrogens (tertiary/aromatic N) is 6. The minimum atomic E-state index is -0.409. The van der Waals surface area contributed by atoms with Gasteiger partial charge in [0.25, 0.3) is 0 Å². The third kappa shape index (κ3) is 4.45. The van der Waals surface area contributed by atoms with E-state index in [1.807, 2.05) is 0 Å². The van der Waals surface area contributed by atoms with Crippen molar-refractivity contribution in [1.82, 2.24) is 20.0 Å². The van der Waals surface area contributed by atoms with Gasteiger partial charge in [-0.2, -0.15) is 5.26 Å². The minimum absolute atomic E-state index is 0.112. The van der Waals surface area contributed by atoms with Gasteiger partial charge in [0.2, 0.25) is 5.90 Å². The molecule has 4 N–H and O–H groups in total. The molecule has 3 aromatic rings. The second-order valence-electron chi connectivity index (χ2n) is 13.6. The first kappa shape index (κ1) is 28.8. The van der Waals surface area contributed by atoms with Crippen LogP contribution in [-0.4, -0.2) is 70.8 Å². The molecule has 45 heavy (non-hydrogen) atoms. The van der Waals surface area contributed by atoms with Crippen LogP contribution in [0.5, 0.6) is 0 Å². The Labute approximate surface area is 267 Å². The molecule has 0 aromatic carbocycles. The molecule has 8 rings (SSSR count). The molecule has 4 unspecified atom stereocenters. The van der Waals surface area contributed by atoms with Crippen LogP contribution in [0.3, 0.4) is 0 Å². The molecule has 0 saturated carbocycles. The number of hydrogen-bond donors (Lipinski definition) is 3. The summed E-state index contributed by atoms with van der Waals surface area (Å²) in [6.07, 6.45) is 11.0. The molecule has 3 aromatic heterocycles. The molecule has 11 nitrogen and oxygen atoms in total. The molecule has 6 heterocycles. The summed E-state index contributed by atoms with van der Waals surface area (Å²) in [5.41, 5.74) is 9.97. The second-order valence-corrected chi connectivity index (χ2v) is 14.7. The van der Waals surface area contributed by atoms with E-state index < -0.39 is 5.41 Å². The Balaban J connectivity index is 1.28. The van der Waals surface area contributed by atoms with E-state index in [1.165, 1.54) is 11.3 Å². The largest absolute Gasteiger partial charge is 0.475 e. The summed E-state index contributed by atoms with van der Waals surface area (Å²) in [5, 5.41) is 28.1. The number of aromatic nitrogens is 3. The molecular weight excluding hydrogens is 586 g/mol. The van der Waals surface area contributed by atoms with Crippen LogP contribution in [-0.2, 0) is 23.0 Å². The lowest BCUT2D eigenvalue weighted by atomic mass is 9.63. The summed E-state index contributed by atoms with van der Waals surface area (Å²) in [4.78, 5) is 16.3. The Morgan fingerprint density at radius 3 is 2.78 bits per heavy atom. The van der Waals surface area contributed by atoms with Crippen molar-refractivity contribution < 1.29 is 9.26 Å². The smallest absolute Gasteiger partial charge is 0.220 e. The predicted octanol–water partition coefficient (Wildman–Crippen LogP) is 5.21. The van der Waals surface area contributed by atoms with Crippen molar-refractivity contribution >= 4 is 33.9 Å². The normalized spacial score (nSPS) is 26.7. The van der Waals surface area contributed by atoms with Gasteiger partial charge in [0.05, 0.1) is 17.0 Å². The van der Waals surface area contributed by atoms with Crippen LogP contribution in [0.2, 0.25) is 0 Å². The molecule has 0 amide bonds. The standard InChI is InChI=1S/C33H41N9O2S/c1-18(22-10-7-14-41(22)2)37-30-24-28(35)43-17-19-8-3-4-15-42(19)32(24)39-31(38-30)26-20-9-5-12-33(27(20)44-40-26)13-6-11-23-25(33)21(16-34)29(36)45-23/h18-19,22,35H,3-15,17,36H2,1-2H3,(H,37,38,39). The van der Waals surface area contributed by atoms with Crippen LogP contribution in [0.25, 0.3) is 11.5 Å². The van der Waals surface area contributed by atoms with Gasteiger partial charge in [-0.05, 0) is 96.7 Å². The van der Waals surface area contributed by atoms with E-state index in [0.29, 0.717) is 46.1 Å². The number of piperidine rings is 1. The summed E-state index contributed by atoms with van der Waals surface area (Å²) < 4.78 is 12.4. The summed E-state index contributed by atoms with van der Waals surface area (Å²) in [7, 11) is 2.18. The number of fused-ring (bicyclic) bond motifs is 7. The number of anilines is 3. The Morgan fingerprint density at radius 1 is 1.13 bits per heavy atom. The molecule has 0 radical (unpaired) electrons. The number of likely N-dealkylation sites (N-methyl/N-ethyl adjacent to an activating group) is 1. The van der Waals surface area contributed by atoms with E-state index in [0.717, 1.165) is 100 Å². The van der Waals surface area contributed by atoms with Gasteiger partial charge in [-0.25, -0.2) is 9.97 Å². The van der Waals surface area contributed by atoms with Gasteiger partial charge in [0.1, 0.15) is 34.9 Å². The highest BCUT2D eigenvalue weighted by Crippen LogP contribution is 2.55. The fourth-order valence-electron chi connectivity index (χ4n) is 8.88. The van der Waals surface area contributed by atoms with Crippen molar-refractivity contribution in [2.24, 2.45) is 0 Å². The van der Waals surface area contributed by atoms with E-state index in [-0.39, 0.29) is 18.0 Å². The topological polar surface area (TPSA) is 153 Å². The average Bonchev–Trinajstić information content (AvgIpc) is 3.74. The highest BCUT2D eigenvalue weighted by atomic mass is 32.1. The van der Waals surface area contributed by atoms with Gasteiger partial charge in [-0.15, -0.1) is 11.3 Å². The molecule has 1 spiro atoms. The summed E-state index contributed by atoms with van der Waals surface area (Å²) in [6.45, 7) is 4.62. The van der Waals surface area contributed by atoms with Gasteiger partial charge in [-0.3, -0.25) is 5.41 Å². The molecule has 2 fully saturated rings. The molecule has 12 heteroatoms. The molecule has 3 aliphatic heterocycles. The number of nitrogens with two attached hydrogens (primary N) is 1. The minimum Gasteiger partial charge on any atom is -0.475 e. The highest BCUT2D eigenvalue weighted by Gasteiger charge is 2.49. The number of rotatable bonds is 4. The number of hydrogen-bond acceptors (Lipinski definition) is 12. The number of likely N-dealkylation sites (tertiary alicyclic amines) is 1. The maximum Gasteiger partial charge on any atom is 0.220 e. The number of nitrogen functional groups attached to an aromatic ring is 1. The number of thiophene rings is 1. The Bertz CT molecular complexity index is 1700. The van der Waals surface area contributed by atoms with Crippen LogP contribution in [0.4, 0.5) is 16.6 Å². The quantitative estimate of drug-likeness (QED) is 0.351. The SMILES string of the molecule is CC(Nc1nc(-c2noc3c2CCCC32CCCc3sc(N)c(C#N)c32)nc2c1C(=N)OCC1CCCCN21)C1CCCN1C. The predicted molar refractivity (Wildman–Crippen MR) is 174 cm³/mol. The lowest BCUT2D eigenvalue weighted by Gasteiger charge is -2.39. The fourth-order valence-corrected chi connectivity index (χ4v) is 10.0. The molecule has 2 saturated heterocycles. The first-order valence-corrected chi connectivity index (χ1v) is 17.4. The molecule has 4 atom stereocenters. The van der Waals surface area contributed by atoms with Crippen LogP contribution in [0.15, 0.2) is 4.52 Å². The number of nitrogens with one attached hydrogen (secondary N) is 2. The monoisotopic (exact) mass is 627 g/mol. The van der Waals surface area contributed by atoms with Crippen molar-refractivity contribution in [3.8, 4) is 17.6 Å². The van der Waals surface area contributed by atoms with Crippen LogP contribution in [0, 0.1) is 16.7 Å². The van der Waals surface area contributed by atoms with Gasteiger partial charge >= 0.3 is 0 Å². The number of ether oxygens (including phenoxy) is 1. The van der Waals surface area contributed by atoms with Gasteiger partial charge in [0, 0.05) is 29.1 Å². The number of nitriles is 1. The molecular formula is C33H41N9O2S. The Hall–Kier alpha value is -3.69. The summed E-state index contributed by atoms with van der Waals surface area (Å²) >= 11 is 1.55. The van der Waals surface area contributed by atoms with Crippen molar-refractivity contribution in [3.63, 3.8) is 0 Å². The maximum absolute atomic E-state index is 10.1. The van der Waals surface area contributed by atoms with E-state index in [4.69, 9.17) is 35.5 Å². The van der Waals surface area contributed by atoms with Gasteiger partial charge in [0.15, 0.2) is 17.3 Å². The van der Waals surface area contributed by atoms with E-state index in [9.17, 15) is 5.26 Å². The van der Waals surface area contributed by atoms with Crippen LogP contribution < -0.4 is 16.0 Å². The highest BCUT2D eigenvalue weighted by molar-refractivity contribution is 7.16. The van der Waals surface area contributed by atoms with Gasteiger partial charge < -0.3 is 30.1 Å². The lowest BCUT2D eigenvalue weighted by molar-refractivity contribution is 0.254. The molecule has 0 bridgehead atoms. The maximum atomic E-state index is 10.1. The third-order valence-corrected chi connectivity index (χ3v) is 12.1. The molecule has 2 aliphatic carbocycles. The zero-order chi connectivity index (χ0) is 30.9. The van der Waals surface area contributed by atoms with E-state index >= 15 is 0 Å². The second kappa shape index (κ2) is 11.0. The first-order valence-electron chi connectivity index (χ1n) is 16.6. The van der Waals surface area contributed by atoms with Crippen molar-refractivity contribution in [2.45, 2.75) is 101 Å². The lowest BCUT2D eigenvalue weighted by Crippen LogP contribution is -2.42. The molecule has 236 valence electrons. The van der Waals surface area contributed by atoms with E-state index in [1.54, 1.807) is 11.3 Å².